The van der Waals surface area contributed by atoms with Gasteiger partial charge in [0.25, 0.3) is 5.91 Å². The summed E-state index contributed by atoms with van der Waals surface area (Å²) in [5, 5.41) is 8.34. The van der Waals surface area contributed by atoms with Crippen molar-refractivity contribution in [1.29, 1.82) is 0 Å². The molecule has 20 heavy (non-hydrogen) atoms. The molecule has 2 aromatic rings. The van der Waals surface area contributed by atoms with Crippen LogP contribution in [0.3, 0.4) is 0 Å². The summed E-state index contributed by atoms with van der Waals surface area (Å²) in [6.45, 7) is 5.07. The van der Waals surface area contributed by atoms with Crippen LogP contribution in [0, 0.1) is 13.8 Å². The average molecular weight is 274 g/mol. The molecule has 2 aromatic heterocycles. The van der Waals surface area contributed by atoms with Gasteiger partial charge in [0.2, 0.25) is 0 Å². The Morgan fingerprint density at radius 3 is 2.95 bits per heavy atom. The topological polar surface area (TPSA) is 64.2 Å². The van der Waals surface area contributed by atoms with E-state index in [4.69, 9.17) is 4.42 Å². The third-order valence-corrected chi connectivity index (χ3v) is 3.68. The second kappa shape index (κ2) is 4.77. The number of fused-ring (bicyclic) bond motifs is 1. The van der Waals surface area contributed by atoms with Gasteiger partial charge in [0.1, 0.15) is 17.3 Å². The van der Waals surface area contributed by atoms with Gasteiger partial charge in [-0.15, -0.1) is 10.2 Å². The Kier molecular flexibility index (Phi) is 3.08. The Bertz CT molecular complexity index is 656. The molecule has 0 spiro atoms. The third kappa shape index (κ3) is 2.11. The van der Waals surface area contributed by atoms with Crippen LogP contribution in [-0.4, -0.2) is 32.6 Å². The van der Waals surface area contributed by atoms with Crippen molar-refractivity contribution in [1.82, 2.24) is 19.7 Å². The first-order chi connectivity index (χ1) is 9.56. The summed E-state index contributed by atoms with van der Waals surface area (Å²) in [5.41, 5.74) is 0.617. The first kappa shape index (κ1) is 12.9. The molecule has 1 aliphatic rings. The van der Waals surface area contributed by atoms with Gasteiger partial charge in [0.15, 0.2) is 5.82 Å². The Morgan fingerprint density at radius 2 is 2.25 bits per heavy atom. The van der Waals surface area contributed by atoms with Crippen LogP contribution in [0.2, 0.25) is 0 Å². The molecule has 0 bridgehead atoms. The molecule has 0 unspecified atom stereocenters. The fourth-order valence-corrected chi connectivity index (χ4v) is 2.66. The van der Waals surface area contributed by atoms with Crippen LogP contribution in [0.25, 0.3) is 0 Å². The zero-order valence-electron chi connectivity index (χ0n) is 12.0. The largest absolute Gasteiger partial charge is 0.466 e. The Morgan fingerprint density at radius 1 is 1.45 bits per heavy atom. The second-order valence-corrected chi connectivity index (χ2v) is 5.28. The van der Waals surface area contributed by atoms with Gasteiger partial charge in [-0.3, -0.25) is 4.79 Å². The van der Waals surface area contributed by atoms with E-state index in [0.29, 0.717) is 17.9 Å². The minimum absolute atomic E-state index is 0.0466. The van der Waals surface area contributed by atoms with Crippen LogP contribution in [0.15, 0.2) is 10.5 Å². The summed E-state index contributed by atoms with van der Waals surface area (Å²) >= 11 is 0. The summed E-state index contributed by atoms with van der Waals surface area (Å²) in [7, 11) is 1.78. The third-order valence-electron chi connectivity index (χ3n) is 3.68. The quantitative estimate of drug-likeness (QED) is 0.854. The van der Waals surface area contributed by atoms with Crippen molar-refractivity contribution in [2.45, 2.75) is 39.8 Å². The van der Waals surface area contributed by atoms with E-state index in [1.54, 1.807) is 18.0 Å². The van der Waals surface area contributed by atoms with Crippen molar-refractivity contribution in [3.05, 3.63) is 34.8 Å². The highest BCUT2D eigenvalue weighted by molar-refractivity contribution is 5.95. The first-order valence-corrected chi connectivity index (χ1v) is 6.79. The van der Waals surface area contributed by atoms with Crippen molar-refractivity contribution >= 4 is 5.91 Å². The number of carbonyl (C=O) groups is 1. The molecule has 3 rings (SSSR count). The van der Waals surface area contributed by atoms with Crippen LogP contribution in [0.5, 0.6) is 0 Å². The molecule has 0 saturated carbocycles. The normalized spacial score (nSPS) is 13.6. The Balaban J connectivity index is 1.77. The van der Waals surface area contributed by atoms with Gasteiger partial charge in [-0.2, -0.15) is 0 Å². The lowest BCUT2D eigenvalue weighted by Gasteiger charge is -2.16. The smallest absolute Gasteiger partial charge is 0.257 e. The maximum atomic E-state index is 12.4. The van der Waals surface area contributed by atoms with Gasteiger partial charge in [0, 0.05) is 20.0 Å². The predicted octanol–water partition coefficient (Wildman–Crippen LogP) is 1.71. The number of aryl methyl sites for hydroxylation is 3. The number of aromatic nitrogens is 3. The molecule has 3 heterocycles. The average Bonchev–Trinajstić information content (AvgIpc) is 3.06. The molecule has 1 amide bonds. The highest BCUT2D eigenvalue weighted by atomic mass is 16.3. The number of nitrogens with zero attached hydrogens (tertiary/aromatic N) is 4. The van der Waals surface area contributed by atoms with Crippen LogP contribution in [0.1, 0.15) is 39.9 Å². The zero-order chi connectivity index (χ0) is 14.3. The fraction of sp³-hybridized carbons (Fsp3) is 0.500. The van der Waals surface area contributed by atoms with Crippen LogP contribution < -0.4 is 0 Å². The van der Waals surface area contributed by atoms with E-state index in [9.17, 15) is 4.79 Å². The molecule has 0 atom stereocenters. The molecule has 6 nitrogen and oxygen atoms in total. The molecule has 0 saturated heterocycles. The fourth-order valence-electron chi connectivity index (χ4n) is 2.66. The number of furan rings is 1. The van der Waals surface area contributed by atoms with Gasteiger partial charge >= 0.3 is 0 Å². The number of carbonyl (C=O) groups excluding carboxylic acids is 1. The van der Waals surface area contributed by atoms with Crippen molar-refractivity contribution in [3.63, 3.8) is 0 Å². The van der Waals surface area contributed by atoms with E-state index in [1.807, 2.05) is 13.8 Å². The lowest BCUT2D eigenvalue weighted by atomic mass is 10.2. The molecule has 0 radical (unpaired) electrons. The van der Waals surface area contributed by atoms with Crippen LogP contribution in [0.4, 0.5) is 0 Å². The van der Waals surface area contributed by atoms with Gasteiger partial charge in [0.05, 0.1) is 12.1 Å². The lowest BCUT2D eigenvalue weighted by molar-refractivity contribution is 0.0778. The van der Waals surface area contributed by atoms with Crippen molar-refractivity contribution in [2.75, 3.05) is 7.05 Å². The highest BCUT2D eigenvalue weighted by Crippen LogP contribution is 2.18. The van der Waals surface area contributed by atoms with Crippen LogP contribution in [-0.2, 0) is 19.5 Å². The van der Waals surface area contributed by atoms with Gasteiger partial charge in [-0.25, -0.2) is 0 Å². The minimum atomic E-state index is -0.0466. The number of rotatable bonds is 3. The monoisotopic (exact) mass is 274 g/mol. The van der Waals surface area contributed by atoms with Crippen molar-refractivity contribution < 1.29 is 9.21 Å². The summed E-state index contributed by atoms with van der Waals surface area (Å²) < 4.78 is 7.52. The number of amides is 1. The molecular formula is C14H18N4O2. The summed E-state index contributed by atoms with van der Waals surface area (Å²) in [5.74, 6) is 3.24. The molecule has 0 fully saturated rings. The van der Waals surface area contributed by atoms with Gasteiger partial charge in [-0.05, 0) is 26.3 Å². The molecule has 0 aromatic carbocycles. The van der Waals surface area contributed by atoms with Crippen molar-refractivity contribution in [3.8, 4) is 0 Å². The van der Waals surface area contributed by atoms with Crippen molar-refractivity contribution in [2.24, 2.45) is 0 Å². The Hall–Kier alpha value is -2.11. The highest BCUT2D eigenvalue weighted by Gasteiger charge is 2.22. The molecule has 106 valence electrons. The summed E-state index contributed by atoms with van der Waals surface area (Å²) in [6, 6.07) is 1.78. The number of hydrogen-bond donors (Lipinski definition) is 0. The van der Waals surface area contributed by atoms with E-state index < -0.39 is 0 Å². The molecule has 0 N–H and O–H groups in total. The molecule has 0 aliphatic carbocycles. The summed E-state index contributed by atoms with van der Waals surface area (Å²) in [4.78, 5) is 14.1. The maximum absolute atomic E-state index is 12.4. The van der Waals surface area contributed by atoms with Gasteiger partial charge in [-0.1, -0.05) is 0 Å². The SMILES string of the molecule is Cc1cc(C(=O)N(C)Cc2nnc3n2CCC3)c(C)o1. The van der Waals surface area contributed by atoms with E-state index in [2.05, 4.69) is 14.8 Å². The second-order valence-electron chi connectivity index (χ2n) is 5.28. The summed E-state index contributed by atoms with van der Waals surface area (Å²) in [6.07, 6.45) is 2.08. The number of hydrogen-bond acceptors (Lipinski definition) is 4. The van der Waals surface area contributed by atoms with E-state index in [1.165, 1.54) is 0 Å². The Labute approximate surface area is 117 Å². The lowest BCUT2D eigenvalue weighted by Crippen LogP contribution is -2.27. The van der Waals surface area contributed by atoms with E-state index in [-0.39, 0.29) is 5.91 Å². The molecule has 1 aliphatic heterocycles. The first-order valence-electron chi connectivity index (χ1n) is 6.79. The van der Waals surface area contributed by atoms with Gasteiger partial charge < -0.3 is 13.9 Å². The standard InChI is InChI=1S/C14H18N4O2/c1-9-7-11(10(2)20-9)14(19)17(3)8-13-16-15-12-5-4-6-18(12)13/h7H,4-6,8H2,1-3H3. The predicted molar refractivity (Wildman–Crippen MR) is 72.3 cm³/mol. The van der Waals surface area contributed by atoms with Crippen LogP contribution >= 0.6 is 0 Å². The van der Waals surface area contributed by atoms with E-state index in [0.717, 1.165) is 36.8 Å². The molecule has 6 heteroatoms. The maximum Gasteiger partial charge on any atom is 0.257 e. The minimum Gasteiger partial charge on any atom is -0.466 e. The van der Waals surface area contributed by atoms with E-state index >= 15 is 0 Å². The zero-order valence-corrected chi connectivity index (χ0v) is 12.0. The molecular weight excluding hydrogens is 256 g/mol.